The predicted octanol–water partition coefficient (Wildman–Crippen LogP) is 7.32. The number of quaternary nitrogens is 2. The van der Waals surface area contributed by atoms with Crippen LogP contribution in [0.5, 0.6) is 0 Å². The smallest absolute Gasteiger partial charge is 0.209 e. The Kier molecular flexibility index (Phi) is 10.8. The largest absolute Gasteiger partial charge is 0.768 e. The summed E-state index contributed by atoms with van der Waals surface area (Å²) in [5.74, 6) is 0. The van der Waals surface area contributed by atoms with Crippen molar-refractivity contribution in [3.05, 3.63) is 87.6 Å². The molecule has 250 valence electrons. The van der Waals surface area contributed by atoms with Gasteiger partial charge in [0.25, 0.3) is 0 Å². The van der Waals surface area contributed by atoms with Gasteiger partial charge >= 0.3 is 0 Å². The molecule has 4 rings (SSSR count). The molecule has 2 heterocycles. The van der Waals surface area contributed by atoms with Gasteiger partial charge in [-0.2, -0.15) is 4.58 Å². The SMILES string of the molecule is Cc1ccc2c(c1)C(C)(C)\C(=C/C=C(Br)/C=C/C1=[N+](CCC[N+](C)(C)C)c3ccc(S(=O)[O-])cc3C1(C)C)N2CCC[N+](C)(C)C. The van der Waals surface area contributed by atoms with Gasteiger partial charge in [-0.3, -0.25) is 4.21 Å². The topological polar surface area (TPSA) is 46.4 Å². The van der Waals surface area contributed by atoms with Gasteiger partial charge in [-0.1, -0.05) is 47.5 Å². The third-order valence-electron chi connectivity index (χ3n) is 9.33. The summed E-state index contributed by atoms with van der Waals surface area (Å²) in [4.78, 5) is 2.85. The van der Waals surface area contributed by atoms with Crippen molar-refractivity contribution in [3.8, 4) is 0 Å². The van der Waals surface area contributed by atoms with Crippen LogP contribution in [0.15, 0.2) is 75.8 Å². The summed E-state index contributed by atoms with van der Waals surface area (Å²) >= 11 is 1.60. The first-order valence-electron chi connectivity index (χ1n) is 16.4. The Morgan fingerprint density at radius 2 is 1.59 bits per heavy atom. The summed E-state index contributed by atoms with van der Waals surface area (Å²) in [5, 5.41) is 0. The van der Waals surface area contributed by atoms with Gasteiger partial charge in [-0.25, -0.2) is 0 Å². The number of hydrogen-bond acceptors (Lipinski definition) is 3. The molecule has 0 fully saturated rings. The zero-order valence-corrected chi connectivity index (χ0v) is 32.3. The van der Waals surface area contributed by atoms with Gasteiger partial charge in [0.05, 0.1) is 67.2 Å². The van der Waals surface area contributed by atoms with E-state index in [0.29, 0.717) is 4.90 Å². The fraction of sp³-hybridized carbons (Fsp3) is 0.500. The molecule has 0 aliphatic carbocycles. The summed E-state index contributed by atoms with van der Waals surface area (Å²) in [6.45, 7) is 15.2. The number of fused-ring (bicyclic) bond motifs is 2. The molecule has 0 amide bonds. The third-order valence-corrected chi connectivity index (χ3v) is 10.5. The zero-order chi connectivity index (χ0) is 34.2. The second-order valence-electron chi connectivity index (χ2n) is 16.0. The fourth-order valence-corrected chi connectivity index (χ4v) is 7.47. The van der Waals surface area contributed by atoms with Gasteiger partial charge in [0.15, 0.2) is 12.3 Å². The van der Waals surface area contributed by atoms with E-state index in [9.17, 15) is 8.76 Å². The van der Waals surface area contributed by atoms with Crippen molar-refractivity contribution in [1.29, 1.82) is 0 Å². The van der Waals surface area contributed by atoms with Gasteiger partial charge in [0.2, 0.25) is 5.69 Å². The Balaban J connectivity index is 1.69. The second-order valence-corrected chi connectivity index (χ2v) is 17.9. The van der Waals surface area contributed by atoms with Gasteiger partial charge in [-0.05, 0) is 73.8 Å². The molecule has 0 saturated heterocycles. The standard InChI is InChI=1S/C38H55BrN4O2S/c1-28-14-18-33-31(26-28)37(2,3)35(40(33)22-12-24-42(6,7)8)20-15-29(39)16-21-36-38(4,5)32-27-30(46(44)45)17-19-34(32)41(36)23-13-25-43(9,10)11/h14-21,26-27H,12-13,22-25H2,1-11H3/q+2. The zero-order valence-electron chi connectivity index (χ0n) is 29.9. The quantitative estimate of drug-likeness (QED) is 0.100. The van der Waals surface area contributed by atoms with E-state index in [1.807, 2.05) is 12.1 Å². The van der Waals surface area contributed by atoms with E-state index >= 15 is 0 Å². The first kappa shape index (κ1) is 36.5. The van der Waals surface area contributed by atoms with Crippen LogP contribution >= 0.6 is 15.9 Å². The molecule has 1 unspecified atom stereocenters. The Morgan fingerprint density at radius 1 is 0.935 bits per heavy atom. The minimum atomic E-state index is -2.27. The van der Waals surface area contributed by atoms with Crippen molar-refractivity contribution >= 4 is 44.1 Å². The maximum atomic E-state index is 11.9. The number of aryl methyl sites for hydroxylation is 1. The van der Waals surface area contributed by atoms with E-state index in [2.05, 4.69) is 145 Å². The van der Waals surface area contributed by atoms with Crippen molar-refractivity contribution in [2.24, 2.45) is 0 Å². The molecule has 0 saturated carbocycles. The molecule has 0 radical (unpaired) electrons. The highest BCUT2D eigenvalue weighted by atomic mass is 79.9. The van der Waals surface area contributed by atoms with Crippen molar-refractivity contribution in [2.45, 2.75) is 63.2 Å². The van der Waals surface area contributed by atoms with Crippen LogP contribution in [0.25, 0.3) is 0 Å². The highest BCUT2D eigenvalue weighted by Gasteiger charge is 2.44. The average Bonchev–Trinajstić information content (AvgIpc) is 3.27. The van der Waals surface area contributed by atoms with E-state index in [4.69, 9.17) is 0 Å². The molecule has 46 heavy (non-hydrogen) atoms. The van der Waals surface area contributed by atoms with Crippen molar-refractivity contribution in [2.75, 3.05) is 73.4 Å². The molecular formula is C38H55BrN4O2S+2. The van der Waals surface area contributed by atoms with Gasteiger partial charge < -0.3 is 18.4 Å². The molecule has 0 N–H and O–H groups in total. The van der Waals surface area contributed by atoms with Crippen molar-refractivity contribution < 1.29 is 22.3 Å². The van der Waals surface area contributed by atoms with Crippen LogP contribution in [0.1, 0.15) is 57.2 Å². The minimum absolute atomic E-state index is 0.114. The fourth-order valence-electron chi connectivity index (χ4n) is 6.81. The van der Waals surface area contributed by atoms with Crippen molar-refractivity contribution in [1.82, 2.24) is 0 Å². The number of nitrogens with zero attached hydrogens (tertiary/aromatic N) is 4. The number of allylic oxidation sites excluding steroid dienone is 6. The summed E-state index contributed by atoms with van der Waals surface area (Å²) < 4.78 is 28.9. The van der Waals surface area contributed by atoms with Crippen molar-refractivity contribution in [3.63, 3.8) is 0 Å². The Morgan fingerprint density at radius 3 is 2.22 bits per heavy atom. The molecule has 2 aromatic rings. The highest BCUT2D eigenvalue weighted by Crippen LogP contribution is 2.48. The van der Waals surface area contributed by atoms with Crippen LogP contribution in [-0.2, 0) is 21.9 Å². The van der Waals surface area contributed by atoms with E-state index < -0.39 is 11.1 Å². The summed E-state index contributed by atoms with van der Waals surface area (Å²) in [6.07, 6.45) is 10.9. The highest BCUT2D eigenvalue weighted by molar-refractivity contribution is 9.11. The van der Waals surface area contributed by atoms with E-state index in [1.165, 1.54) is 28.2 Å². The molecule has 2 aliphatic rings. The van der Waals surface area contributed by atoms with Crippen LogP contribution in [0, 0.1) is 6.92 Å². The summed E-state index contributed by atoms with van der Waals surface area (Å²) in [7, 11) is 13.4. The minimum Gasteiger partial charge on any atom is -0.768 e. The van der Waals surface area contributed by atoms with Crippen LogP contribution in [0.4, 0.5) is 11.4 Å². The number of rotatable bonds is 12. The lowest BCUT2D eigenvalue weighted by atomic mass is 9.81. The molecule has 6 nitrogen and oxygen atoms in total. The predicted molar refractivity (Wildman–Crippen MR) is 197 cm³/mol. The first-order chi connectivity index (χ1) is 21.2. The number of halogens is 1. The molecule has 2 aliphatic heterocycles. The maximum absolute atomic E-state index is 11.9. The Labute approximate surface area is 289 Å². The molecule has 0 bridgehead atoms. The lowest BCUT2D eigenvalue weighted by Crippen LogP contribution is -2.37. The molecule has 2 aromatic carbocycles. The number of anilines is 1. The Bertz CT molecular complexity index is 1620. The number of hydrogen-bond donors (Lipinski definition) is 0. The van der Waals surface area contributed by atoms with Gasteiger partial charge in [0, 0.05) is 56.8 Å². The monoisotopic (exact) mass is 710 g/mol. The molecule has 1 atom stereocenters. The summed E-state index contributed by atoms with van der Waals surface area (Å²) in [5.41, 5.74) is 8.13. The van der Waals surface area contributed by atoms with Gasteiger partial charge in [-0.15, -0.1) is 0 Å². The molecule has 0 spiro atoms. The third kappa shape index (κ3) is 8.19. The first-order valence-corrected chi connectivity index (χ1v) is 18.2. The molecule has 0 aromatic heterocycles. The lowest BCUT2D eigenvalue weighted by molar-refractivity contribution is -0.871. The van der Waals surface area contributed by atoms with E-state index in [1.54, 1.807) is 6.07 Å². The second kappa shape index (κ2) is 13.6. The van der Waals surface area contributed by atoms with Crippen LogP contribution in [-0.4, -0.2) is 96.5 Å². The summed E-state index contributed by atoms with van der Waals surface area (Å²) in [6, 6.07) is 12.4. The lowest BCUT2D eigenvalue weighted by Gasteiger charge is -2.29. The Hall–Kier alpha value is -2.36. The van der Waals surface area contributed by atoms with Crippen LogP contribution < -0.4 is 4.90 Å². The van der Waals surface area contributed by atoms with Crippen LogP contribution in [0.3, 0.4) is 0 Å². The van der Waals surface area contributed by atoms with Gasteiger partial charge in [0.1, 0.15) is 0 Å². The van der Waals surface area contributed by atoms with Crippen LogP contribution in [0.2, 0.25) is 0 Å². The van der Waals surface area contributed by atoms with E-state index in [-0.39, 0.29) is 10.8 Å². The average molecular weight is 712 g/mol. The molecule has 8 heteroatoms. The maximum Gasteiger partial charge on any atom is 0.209 e. The number of benzene rings is 2. The van der Waals surface area contributed by atoms with E-state index in [0.717, 1.165) is 63.7 Å². The molecular weight excluding hydrogens is 656 g/mol. The normalized spacial score (nSPS) is 19.4.